The topological polar surface area (TPSA) is 81.5 Å². The summed E-state index contributed by atoms with van der Waals surface area (Å²) in [5.74, 6) is -0.0696. The third-order valence-electron chi connectivity index (χ3n) is 6.29. The van der Waals surface area contributed by atoms with E-state index in [9.17, 15) is 14.4 Å². The van der Waals surface area contributed by atoms with Gasteiger partial charge in [0.1, 0.15) is 5.82 Å². The molecule has 3 heterocycles. The summed E-state index contributed by atoms with van der Waals surface area (Å²) in [6, 6.07) is 12.6. The third-order valence-corrected chi connectivity index (χ3v) is 6.29. The average Bonchev–Trinajstić information content (AvgIpc) is 3.07. The first kappa shape index (κ1) is 20.4. The molecule has 164 valence electrons. The van der Waals surface area contributed by atoms with Gasteiger partial charge in [-0.25, -0.2) is 9.78 Å². The van der Waals surface area contributed by atoms with Crippen LogP contribution in [0.4, 0.5) is 5.69 Å². The lowest BCUT2D eigenvalue weighted by Crippen LogP contribution is -2.38. The Balaban J connectivity index is 1.33. The predicted octanol–water partition coefficient (Wildman–Crippen LogP) is 3.26. The smallest absolute Gasteiger partial charge is 0.338 e. The Kier molecular flexibility index (Phi) is 5.47. The Hall–Kier alpha value is -3.48. The van der Waals surface area contributed by atoms with Crippen molar-refractivity contribution >= 4 is 28.5 Å². The molecule has 0 saturated heterocycles. The monoisotopic (exact) mass is 431 g/mol. The summed E-state index contributed by atoms with van der Waals surface area (Å²) in [5.41, 5.74) is 2.73. The zero-order chi connectivity index (χ0) is 22.1. The number of carbonyl (C=O) groups excluding carboxylic acids is 2. The molecular weight excluding hydrogens is 406 g/mol. The second-order valence-electron chi connectivity index (χ2n) is 8.38. The van der Waals surface area contributed by atoms with Gasteiger partial charge in [-0.2, -0.15) is 0 Å². The van der Waals surface area contributed by atoms with Crippen LogP contribution in [0.15, 0.2) is 47.3 Å². The van der Waals surface area contributed by atoms with Gasteiger partial charge in [0.05, 0.1) is 16.5 Å². The predicted molar refractivity (Wildman–Crippen MR) is 121 cm³/mol. The number of esters is 1. The van der Waals surface area contributed by atoms with E-state index in [2.05, 4.69) is 4.98 Å². The number of hydrogen-bond acceptors (Lipinski definition) is 5. The first-order chi connectivity index (χ1) is 15.6. The molecule has 0 radical (unpaired) electrons. The van der Waals surface area contributed by atoms with Crippen molar-refractivity contribution in [3.63, 3.8) is 0 Å². The fourth-order valence-corrected chi connectivity index (χ4v) is 4.63. The molecule has 0 spiro atoms. The standard InChI is InChI=1S/C25H25N3O4/c29-23(27-14-6-8-17-7-3-4-9-21(17)27)16-32-25(31)18-11-12-19-20(15-18)26-22-10-2-1-5-13-28(22)24(19)30/h3-4,7,9,11-12,15H,1-2,5-6,8,10,13-14,16H2. The summed E-state index contributed by atoms with van der Waals surface area (Å²) in [6.07, 6.45) is 5.62. The fraction of sp³-hybridized carbons (Fsp3) is 0.360. The Morgan fingerprint density at radius 3 is 2.75 bits per heavy atom. The molecule has 0 N–H and O–H groups in total. The number of anilines is 1. The van der Waals surface area contributed by atoms with E-state index in [0.29, 0.717) is 24.0 Å². The van der Waals surface area contributed by atoms with Gasteiger partial charge >= 0.3 is 5.97 Å². The van der Waals surface area contributed by atoms with Crippen molar-refractivity contribution in [2.45, 2.75) is 45.1 Å². The minimum atomic E-state index is -0.595. The molecule has 1 amide bonds. The number of nitrogens with zero attached hydrogens (tertiary/aromatic N) is 3. The van der Waals surface area contributed by atoms with Gasteiger partial charge in [0, 0.05) is 25.2 Å². The van der Waals surface area contributed by atoms with Gasteiger partial charge in [-0.1, -0.05) is 24.6 Å². The summed E-state index contributed by atoms with van der Waals surface area (Å²) in [7, 11) is 0. The molecule has 2 aromatic carbocycles. The summed E-state index contributed by atoms with van der Waals surface area (Å²) < 4.78 is 7.08. The van der Waals surface area contributed by atoms with Crippen molar-refractivity contribution in [3.8, 4) is 0 Å². The summed E-state index contributed by atoms with van der Waals surface area (Å²) >= 11 is 0. The largest absolute Gasteiger partial charge is 0.452 e. The van der Waals surface area contributed by atoms with Crippen LogP contribution in [-0.2, 0) is 28.9 Å². The molecule has 0 saturated carbocycles. The minimum Gasteiger partial charge on any atom is -0.452 e. The maximum absolute atomic E-state index is 12.9. The Morgan fingerprint density at radius 2 is 1.84 bits per heavy atom. The van der Waals surface area contributed by atoms with E-state index in [1.807, 2.05) is 24.3 Å². The van der Waals surface area contributed by atoms with Crippen LogP contribution in [0.5, 0.6) is 0 Å². The fourth-order valence-electron chi connectivity index (χ4n) is 4.63. The van der Waals surface area contributed by atoms with Crippen molar-refractivity contribution in [1.29, 1.82) is 0 Å². The number of para-hydroxylation sites is 1. The SMILES string of the molecule is O=C(OCC(=O)N1CCCc2ccccc21)c1ccc2c(=O)n3c(nc2c1)CCCCC3. The van der Waals surface area contributed by atoms with Crippen LogP contribution < -0.4 is 10.5 Å². The van der Waals surface area contributed by atoms with Crippen LogP contribution in [0.25, 0.3) is 10.9 Å². The lowest BCUT2D eigenvalue weighted by atomic mass is 10.0. The molecule has 7 nitrogen and oxygen atoms in total. The molecule has 3 aromatic rings. The highest BCUT2D eigenvalue weighted by molar-refractivity contribution is 5.99. The zero-order valence-corrected chi connectivity index (χ0v) is 17.9. The molecule has 5 rings (SSSR count). The number of aryl methyl sites for hydroxylation is 2. The molecular formula is C25H25N3O4. The maximum Gasteiger partial charge on any atom is 0.338 e. The number of amides is 1. The minimum absolute atomic E-state index is 0.0641. The van der Waals surface area contributed by atoms with E-state index < -0.39 is 5.97 Å². The Morgan fingerprint density at radius 1 is 0.969 bits per heavy atom. The van der Waals surface area contributed by atoms with Gasteiger partial charge in [-0.15, -0.1) is 0 Å². The van der Waals surface area contributed by atoms with Crippen molar-refractivity contribution in [2.24, 2.45) is 0 Å². The van der Waals surface area contributed by atoms with Gasteiger partial charge < -0.3 is 9.64 Å². The van der Waals surface area contributed by atoms with Crippen molar-refractivity contribution < 1.29 is 14.3 Å². The van der Waals surface area contributed by atoms with Crippen LogP contribution in [0.3, 0.4) is 0 Å². The summed E-state index contributed by atoms with van der Waals surface area (Å²) in [6.45, 7) is 0.969. The van der Waals surface area contributed by atoms with E-state index in [-0.39, 0.29) is 23.6 Å². The highest BCUT2D eigenvalue weighted by Crippen LogP contribution is 2.26. The number of benzene rings is 2. The zero-order valence-electron chi connectivity index (χ0n) is 17.9. The van der Waals surface area contributed by atoms with Gasteiger partial charge in [-0.3, -0.25) is 14.2 Å². The molecule has 0 atom stereocenters. The van der Waals surface area contributed by atoms with Gasteiger partial charge in [0.15, 0.2) is 6.61 Å². The molecule has 1 aromatic heterocycles. The van der Waals surface area contributed by atoms with Crippen LogP contribution >= 0.6 is 0 Å². The molecule has 0 fully saturated rings. The van der Waals surface area contributed by atoms with Crippen LogP contribution in [-0.4, -0.2) is 34.6 Å². The molecule has 2 aliphatic rings. The average molecular weight is 431 g/mol. The second kappa shape index (κ2) is 8.57. The molecule has 2 aliphatic heterocycles. The molecule has 0 bridgehead atoms. The Labute approximate surface area is 185 Å². The first-order valence-electron chi connectivity index (χ1n) is 11.2. The summed E-state index contributed by atoms with van der Waals surface area (Å²) in [5, 5.41) is 0.494. The number of carbonyl (C=O) groups is 2. The Bertz CT molecular complexity index is 1260. The molecule has 32 heavy (non-hydrogen) atoms. The molecule has 7 heteroatoms. The summed E-state index contributed by atoms with van der Waals surface area (Å²) in [4.78, 5) is 44.6. The van der Waals surface area contributed by atoms with E-state index in [4.69, 9.17) is 4.74 Å². The highest BCUT2D eigenvalue weighted by Gasteiger charge is 2.23. The lowest BCUT2D eigenvalue weighted by Gasteiger charge is -2.29. The lowest BCUT2D eigenvalue weighted by molar-refractivity contribution is -0.121. The molecule has 0 aliphatic carbocycles. The number of rotatable bonds is 3. The van der Waals surface area contributed by atoms with Crippen molar-refractivity contribution in [2.75, 3.05) is 18.1 Å². The number of ether oxygens (including phenoxy) is 1. The number of fused-ring (bicyclic) bond motifs is 3. The number of hydrogen-bond donors (Lipinski definition) is 0. The van der Waals surface area contributed by atoms with Crippen LogP contribution in [0.2, 0.25) is 0 Å². The van der Waals surface area contributed by atoms with Gasteiger partial charge in [0.25, 0.3) is 11.5 Å². The van der Waals surface area contributed by atoms with Crippen molar-refractivity contribution in [3.05, 3.63) is 69.8 Å². The quantitative estimate of drug-likeness (QED) is 0.595. The van der Waals surface area contributed by atoms with Crippen LogP contribution in [0, 0.1) is 0 Å². The van der Waals surface area contributed by atoms with Gasteiger partial charge in [-0.05, 0) is 55.5 Å². The van der Waals surface area contributed by atoms with E-state index in [1.54, 1.807) is 27.7 Å². The van der Waals surface area contributed by atoms with E-state index in [0.717, 1.165) is 55.6 Å². The normalized spacial score (nSPS) is 15.6. The highest BCUT2D eigenvalue weighted by atomic mass is 16.5. The van der Waals surface area contributed by atoms with E-state index in [1.165, 1.54) is 0 Å². The maximum atomic E-state index is 12.9. The molecule has 0 unspecified atom stereocenters. The first-order valence-corrected chi connectivity index (χ1v) is 11.2. The third kappa shape index (κ3) is 3.79. The van der Waals surface area contributed by atoms with Crippen molar-refractivity contribution in [1.82, 2.24) is 9.55 Å². The number of aromatic nitrogens is 2. The second-order valence-corrected chi connectivity index (χ2v) is 8.38. The van der Waals surface area contributed by atoms with E-state index >= 15 is 0 Å². The van der Waals surface area contributed by atoms with Gasteiger partial charge in [0.2, 0.25) is 0 Å². The van der Waals surface area contributed by atoms with Crippen LogP contribution in [0.1, 0.15) is 47.4 Å².